The third-order valence-electron chi connectivity index (χ3n) is 3.61. The number of rotatable bonds is 11. The van der Waals surface area contributed by atoms with Gasteiger partial charge in [0, 0.05) is 18.7 Å². The van der Waals surface area contributed by atoms with Crippen LogP contribution in [0.5, 0.6) is 5.75 Å². The van der Waals surface area contributed by atoms with Crippen molar-refractivity contribution in [1.29, 1.82) is 0 Å². The van der Waals surface area contributed by atoms with Crippen LogP contribution in [0.4, 0.5) is 15.3 Å². The standard InChI is InChI=1S/C19H28N4O10S/c1-13(31-18(26)32-15-7-5-14(6-8-15)23(27)28)12-34(29,30)10-9-20-16(24)11-21-22-17(25)33-19(2,3)4/h5-8,13,21H,9-12H2,1-4H3,(H,20,24)(H,22,25). The third kappa shape index (κ3) is 12.5. The highest BCUT2D eigenvalue weighted by Crippen LogP contribution is 2.18. The van der Waals surface area contributed by atoms with Gasteiger partial charge in [0.2, 0.25) is 5.91 Å². The van der Waals surface area contributed by atoms with Gasteiger partial charge in [0.25, 0.3) is 5.69 Å². The minimum absolute atomic E-state index is 0.0110. The molecule has 0 fully saturated rings. The van der Waals surface area contributed by atoms with Gasteiger partial charge < -0.3 is 19.5 Å². The molecule has 1 aromatic rings. The predicted octanol–water partition coefficient (Wildman–Crippen LogP) is 1.06. The fourth-order valence-corrected chi connectivity index (χ4v) is 3.67. The summed E-state index contributed by atoms with van der Waals surface area (Å²) in [4.78, 5) is 44.9. The molecule has 0 heterocycles. The summed E-state index contributed by atoms with van der Waals surface area (Å²) in [6, 6.07) is 4.66. The Balaban J connectivity index is 2.32. The van der Waals surface area contributed by atoms with Gasteiger partial charge in [0.15, 0.2) is 9.84 Å². The maximum atomic E-state index is 12.2. The Hall–Kier alpha value is -3.46. The van der Waals surface area contributed by atoms with Crippen molar-refractivity contribution in [3.05, 3.63) is 34.4 Å². The van der Waals surface area contributed by atoms with Gasteiger partial charge in [-0.1, -0.05) is 0 Å². The van der Waals surface area contributed by atoms with Crippen LogP contribution < -0.4 is 20.9 Å². The number of sulfone groups is 1. The number of carbonyl (C=O) groups is 3. The van der Waals surface area contributed by atoms with Crippen LogP contribution in [0.15, 0.2) is 24.3 Å². The quantitative estimate of drug-likeness (QED) is 0.169. The van der Waals surface area contributed by atoms with E-state index in [1.54, 1.807) is 20.8 Å². The Kier molecular flexibility index (Phi) is 10.7. The van der Waals surface area contributed by atoms with Crippen molar-refractivity contribution in [2.24, 2.45) is 0 Å². The number of nitrogens with one attached hydrogen (secondary N) is 3. The zero-order valence-electron chi connectivity index (χ0n) is 19.2. The van der Waals surface area contributed by atoms with Crippen molar-refractivity contribution in [1.82, 2.24) is 16.2 Å². The number of ether oxygens (including phenoxy) is 3. The van der Waals surface area contributed by atoms with E-state index in [0.717, 1.165) is 12.1 Å². The summed E-state index contributed by atoms with van der Waals surface area (Å²) < 4.78 is 39.0. The number of nitro benzene ring substituents is 1. The zero-order chi connectivity index (χ0) is 25.9. The van der Waals surface area contributed by atoms with Gasteiger partial charge in [0.05, 0.1) is 23.0 Å². The molecule has 1 aromatic carbocycles. The normalized spacial score (nSPS) is 12.2. The first-order valence-electron chi connectivity index (χ1n) is 9.99. The molecule has 34 heavy (non-hydrogen) atoms. The minimum atomic E-state index is -3.70. The molecule has 0 aromatic heterocycles. The summed E-state index contributed by atoms with van der Waals surface area (Å²) >= 11 is 0. The van der Waals surface area contributed by atoms with Gasteiger partial charge in [-0.05, 0) is 39.8 Å². The Morgan fingerprint density at radius 3 is 2.32 bits per heavy atom. The minimum Gasteiger partial charge on any atom is -0.443 e. The van der Waals surface area contributed by atoms with E-state index in [0.29, 0.717) is 0 Å². The third-order valence-corrected chi connectivity index (χ3v) is 5.41. The van der Waals surface area contributed by atoms with E-state index >= 15 is 0 Å². The largest absolute Gasteiger partial charge is 0.514 e. The fourth-order valence-electron chi connectivity index (χ4n) is 2.30. The first-order valence-corrected chi connectivity index (χ1v) is 11.8. The molecule has 190 valence electrons. The molecule has 0 aliphatic heterocycles. The summed E-state index contributed by atoms with van der Waals surface area (Å²) in [5, 5.41) is 13.0. The first kappa shape index (κ1) is 28.6. The number of hydrogen-bond donors (Lipinski definition) is 3. The number of nitrogens with zero attached hydrogens (tertiary/aromatic N) is 1. The zero-order valence-corrected chi connectivity index (χ0v) is 20.0. The first-order chi connectivity index (χ1) is 15.7. The van der Waals surface area contributed by atoms with E-state index < -0.39 is 56.1 Å². The molecule has 0 aliphatic rings. The number of benzene rings is 1. The summed E-state index contributed by atoms with van der Waals surface area (Å²) in [5.41, 5.74) is 3.62. The number of hydrogen-bond acceptors (Lipinski definition) is 11. The topological polar surface area (TPSA) is 192 Å². The van der Waals surface area contributed by atoms with Crippen LogP contribution in [0.25, 0.3) is 0 Å². The SMILES string of the molecule is CC(CS(=O)(=O)CCNC(=O)CNNC(=O)OC(C)(C)C)OC(=O)Oc1ccc([N+](=O)[O-])cc1. The highest BCUT2D eigenvalue weighted by atomic mass is 32.2. The van der Waals surface area contributed by atoms with Crippen molar-refractivity contribution in [2.75, 3.05) is 24.6 Å². The second-order valence-electron chi connectivity index (χ2n) is 7.98. The van der Waals surface area contributed by atoms with Gasteiger partial charge in [0.1, 0.15) is 17.5 Å². The van der Waals surface area contributed by atoms with Crippen LogP contribution in [0, 0.1) is 10.1 Å². The van der Waals surface area contributed by atoms with Gasteiger partial charge in [-0.2, -0.15) is 0 Å². The molecule has 0 saturated heterocycles. The molecule has 15 heteroatoms. The Morgan fingerprint density at radius 1 is 1.15 bits per heavy atom. The molecule has 2 amide bonds. The number of non-ortho nitro benzene ring substituents is 1. The number of nitro groups is 1. The molecule has 0 aliphatic carbocycles. The lowest BCUT2D eigenvalue weighted by Crippen LogP contribution is -2.46. The molecule has 0 saturated carbocycles. The molecule has 1 atom stereocenters. The van der Waals surface area contributed by atoms with Crippen molar-refractivity contribution in [2.45, 2.75) is 39.4 Å². The predicted molar refractivity (Wildman–Crippen MR) is 119 cm³/mol. The van der Waals surface area contributed by atoms with E-state index in [-0.39, 0.29) is 24.5 Å². The molecule has 0 spiro atoms. The Morgan fingerprint density at radius 2 is 1.76 bits per heavy atom. The summed E-state index contributed by atoms with van der Waals surface area (Å²) in [6.07, 6.45) is -3.00. The summed E-state index contributed by atoms with van der Waals surface area (Å²) in [6.45, 7) is 5.86. The van der Waals surface area contributed by atoms with Gasteiger partial charge in [-0.15, -0.1) is 0 Å². The second kappa shape index (κ2) is 12.7. The molecule has 14 nitrogen and oxygen atoms in total. The summed E-state index contributed by atoms with van der Waals surface area (Å²) in [7, 11) is -3.70. The van der Waals surface area contributed by atoms with Gasteiger partial charge >= 0.3 is 12.2 Å². The number of amides is 2. The lowest BCUT2D eigenvalue weighted by Gasteiger charge is -2.19. The van der Waals surface area contributed by atoms with Crippen LogP contribution in [0.2, 0.25) is 0 Å². The highest BCUT2D eigenvalue weighted by Gasteiger charge is 2.21. The van der Waals surface area contributed by atoms with Crippen molar-refractivity contribution < 1.29 is 41.9 Å². The number of hydrazine groups is 1. The fraction of sp³-hybridized carbons (Fsp3) is 0.526. The molecular formula is C19H28N4O10S. The van der Waals surface area contributed by atoms with E-state index in [1.165, 1.54) is 19.1 Å². The van der Waals surface area contributed by atoms with Crippen LogP contribution >= 0.6 is 0 Å². The van der Waals surface area contributed by atoms with Gasteiger partial charge in [-0.25, -0.2) is 23.4 Å². The van der Waals surface area contributed by atoms with Gasteiger partial charge in [-0.3, -0.25) is 20.3 Å². The Bertz CT molecular complexity index is 974. The molecule has 3 N–H and O–H groups in total. The van der Waals surface area contributed by atoms with Crippen LogP contribution in [-0.2, 0) is 24.1 Å². The second-order valence-corrected chi connectivity index (χ2v) is 10.2. The maximum absolute atomic E-state index is 12.2. The molecule has 1 rings (SSSR count). The van der Waals surface area contributed by atoms with Crippen LogP contribution in [0.3, 0.4) is 0 Å². The van der Waals surface area contributed by atoms with E-state index in [2.05, 4.69) is 16.2 Å². The van der Waals surface area contributed by atoms with E-state index in [1.807, 2.05) is 0 Å². The highest BCUT2D eigenvalue weighted by molar-refractivity contribution is 7.91. The van der Waals surface area contributed by atoms with Crippen LogP contribution in [0.1, 0.15) is 27.7 Å². The van der Waals surface area contributed by atoms with Crippen LogP contribution in [-0.4, -0.2) is 67.8 Å². The smallest absolute Gasteiger partial charge is 0.443 e. The van der Waals surface area contributed by atoms with Crippen molar-refractivity contribution in [3.63, 3.8) is 0 Å². The van der Waals surface area contributed by atoms with Crippen molar-refractivity contribution >= 4 is 33.7 Å². The molecule has 0 bridgehead atoms. The molecule has 0 radical (unpaired) electrons. The lowest BCUT2D eigenvalue weighted by atomic mass is 10.2. The average Bonchev–Trinajstić information content (AvgIpc) is 2.66. The molecular weight excluding hydrogens is 476 g/mol. The number of carbonyl (C=O) groups excluding carboxylic acids is 3. The van der Waals surface area contributed by atoms with Crippen molar-refractivity contribution in [3.8, 4) is 5.75 Å². The van der Waals surface area contributed by atoms with E-state index in [9.17, 15) is 32.9 Å². The monoisotopic (exact) mass is 504 g/mol. The summed E-state index contributed by atoms with van der Waals surface area (Å²) in [5.74, 6) is -1.51. The molecule has 1 unspecified atom stereocenters. The Labute approximate surface area is 196 Å². The maximum Gasteiger partial charge on any atom is 0.514 e. The average molecular weight is 505 g/mol. The lowest BCUT2D eigenvalue weighted by molar-refractivity contribution is -0.384. The van der Waals surface area contributed by atoms with E-state index in [4.69, 9.17) is 14.2 Å².